The first kappa shape index (κ1) is 10.6. The lowest BCUT2D eigenvalue weighted by atomic mass is 10.8. The van der Waals surface area contributed by atoms with Crippen molar-refractivity contribution in [2.45, 2.75) is 6.92 Å². The fourth-order valence-electron chi connectivity index (χ4n) is 0.183. The van der Waals surface area contributed by atoms with Gasteiger partial charge in [0.1, 0.15) is 0 Å². The van der Waals surface area contributed by atoms with Gasteiger partial charge in [-0.3, -0.25) is 4.99 Å². The van der Waals surface area contributed by atoms with Crippen LogP contribution in [0.1, 0.15) is 6.92 Å². The Hall–Kier alpha value is -1.35. The Bertz CT molecular complexity index is 111. The number of aliphatic imine (C=N–C) groups is 1. The number of nitrogens with zero attached hydrogens (tertiary/aromatic N) is 1. The van der Waals surface area contributed by atoms with Crippen LogP contribution in [0.4, 0.5) is 0 Å². The van der Waals surface area contributed by atoms with Crippen molar-refractivity contribution in [1.29, 1.82) is 0 Å². The van der Waals surface area contributed by atoms with Crippen molar-refractivity contribution in [3.8, 4) is 0 Å². The van der Waals surface area contributed by atoms with Crippen LogP contribution in [0, 0.1) is 0 Å². The molecule has 0 spiro atoms. The molecule has 0 aliphatic carbocycles. The quantitative estimate of drug-likeness (QED) is 0.341. The minimum Gasteiger partial charge on any atom is -0.370 e. The maximum atomic E-state index is 8.12. The smallest absolute Gasteiger partial charge is 0.370 e. The van der Waals surface area contributed by atoms with Gasteiger partial charge in [0.05, 0.1) is 0 Å². The summed E-state index contributed by atoms with van der Waals surface area (Å²) in [5.41, 5.74) is 9.86. The summed E-state index contributed by atoms with van der Waals surface area (Å²) in [5, 5.41) is 0. The van der Waals surface area contributed by atoms with E-state index in [2.05, 4.69) is 4.99 Å². The van der Waals surface area contributed by atoms with Crippen LogP contribution in [0.15, 0.2) is 4.99 Å². The van der Waals surface area contributed by atoms with E-state index in [-0.39, 0.29) is 12.1 Å². The third-order valence-corrected chi connectivity index (χ3v) is 0.341. The van der Waals surface area contributed by atoms with Crippen LogP contribution in [-0.4, -0.2) is 18.7 Å². The molecule has 0 aromatic heterocycles. The van der Waals surface area contributed by atoms with E-state index >= 15 is 0 Å². The summed E-state index contributed by atoms with van der Waals surface area (Å²) in [6.07, 6.45) is 0.250. The van der Waals surface area contributed by atoms with Crippen LogP contribution in [-0.2, 0) is 9.59 Å². The normalized spacial score (nSPS) is 5.89. The standard InChI is InChI=1S/C3H9N3.CO2/c1-2-6-3(4)5;2-1-3/h2H2,1H3,(H4,4,5,6);. The number of hydrogen-bond acceptors (Lipinski definition) is 3. The molecule has 0 unspecified atom stereocenters. The van der Waals surface area contributed by atoms with Gasteiger partial charge in [-0.2, -0.15) is 9.59 Å². The van der Waals surface area contributed by atoms with E-state index in [0.29, 0.717) is 6.54 Å². The van der Waals surface area contributed by atoms with Gasteiger partial charge in [-0.25, -0.2) is 0 Å². The zero-order valence-electron chi connectivity index (χ0n) is 5.13. The van der Waals surface area contributed by atoms with Crippen molar-refractivity contribution < 1.29 is 9.59 Å². The van der Waals surface area contributed by atoms with E-state index in [1.165, 1.54) is 0 Å². The van der Waals surface area contributed by atoms with E-state index in [1.807, 2.05) is 6.92 Å². The van der Waals surface area contributed by atoms with Gasteiger partial charge in [0.15, 0.2) is 5.96 Å². The summed E-state index contributed by atoms with van der Waals surface area (Å²) < 4.78 is 0. The lowest BCUT2D eigenvalue weighted by Crippen LogP contribution is -2.22. The van der Waals surface area contributed by atoms with Crippen molar-refractivity contribution in [3.05, 3.63) is 0 Å². The maximum Gasteiger partial charge on any atom is 0.373 e. The van der Waals surface area contributed by atoms with Gasteiger partial charge >= 0.3 is 6.15 Å². The summed E-state index contributed by atoms with van der Waals surface area (Å²) in [6.45, 7) is 2.54. The molecule has 0 aliphatic rings. The highest BCUT2D eigenvalue weighted by atomic mass is 16.2. The molecule has 0 saturated carbocycles. The van der Waals surface area contributed by atoms with Crippen LogP contribution in [0.5, 0.6) is 0 Å². The van der Waals surface area contributed by atoms with E-state index in [1.54, 1.807) is 0 Å². The van der Waals surface area contributed by atoms with Gasteiger partial charge in [0.25, 0.3) is 0 Å². The molecule has 4 N–H and O–H groups in total. The molecular formula is C4H9N3O2. The molecule has 5 heteroatoms. The number of nitrogens with two attached hydrogens (primary N) is 2. The Morgan fingerprint density at radius 2 is 1.89 bits per heavy atom. The number of hydrogen-bond donors (Lipinski definition) is 2. The molecule has 0 aliphatic heterocycles. The SMILES string of the molecule is CCN=C(N)N.O=C=O. The lowest BCUT2D eigenvalue weighted by molar-refractivity contribution is -0.191. The first-order chi connectivity index (χ1) is 4.18. The number of rotatable bonds is 1. The molecule has 0 aromatic carbocycles. The minimum atomic E-state index is 0.164. The summed E-state index contributed by atoms with van der Waals surface area (Å²) in [4.78, 5) is 19.8. The Morgan fingerprint density at radius 1 is 1.56 bits per heavy atom. The molecule has 5 nitrogen and oxygen atoms in total. The van der Waals surface area contributed by atoms with Crippen LogP contribution >= 0.6 is 0 Å². The molecular weight excluding hydrogens is 122 g/mol. The molecule has 0 fully saturated rings. The van der Waals surface area contributed by atoms with Gasteiger partial charge in [0.2, 0.25) is 0 Å². The second-order valence-corrected chi connectivity index (χ2v) is 0.983. The number of guanidine groups is 1. The van der Waals surface area contributed by atoms with Gasteiger partial charge < -0.3 is 11.5 Å². The fraction of sp³-hybridized carbons (Fsp3) is 0.500. The average Bonchev–Trinajstić information content (AvgIpc) is 1.67. The van der Waals surface area contributed by atoms with Gasteiger partial charge in [0, 0.05) is 6.54 Å². The van der Waals surface area contributed by atoms with E-state index in [0.717, 1.165) is 0 Å². The Balaban J connectivity index is 0. The molecule has 0 atom stereocenters. The van der Waals surface area contributed by atoms with Crippen LogP contribution < -0.4 is 11.5 Å². The fourth-order valence-corrected chi connectivity index (χ4v) is 0.183. The molecule has 0 saturated heterocycles. The lowest BCUT2D eigenvalue weighted by Gasteiger charge is -1.82. The maximum absolute atomic E-state index is 8.12. The molecule has 0 aromatic rings. The van der Waals surface area contributed by atoms with Crippen molar-refractivity contribution in [2.75, 3.05) is 6.54 Å². The van der Waals surface area contributed by atoms with Crippen molar-refractivity contribution in [1.82, 2.24) is 0 Å². The van der Waals surface area contributed by atoms with Crippen molar-refractivity contribution in [2.24, 2.45) is 16.5 Å². The topological polar surface area (TPSA) is 98.5 Å². The largest absolute Gasteiger partial charge is 0.373 e. The molecule has 0 radical (unpaired) electrons. The second-order valence-electron chi connectivity index (χ2n) is 0.983. The third kappa shape index (κ3) is 52.8. The molecule has 0 rings (SSSR count). The molecule has 52 valence electrons. The van der Waals surface area contributed by atoms with Gasteiger partial charge in [-0.15, -0.1) is 0 Å². The Morgan fingerprint density at radius 3 is 1.89 bits per heavy atom. The first-order valence-corrected chi connectivity index (χ1v) is 2.23. The molecule has 9 heavy (non-hydrogen) atoms. The summed E-state index contributed by atoms with van der Waals surface area (Å²) >= 11 is 0. The van der Waals surface area contributed by atoms with Crippen molar-refractivity contribution in [3.63, 3.8) is 0 Å². The predicted molar refractivity (Wildman–Crippen MR) is 31.4 cm³/mol. The van der Waals surface area contributed by atoms with Crippen LogP contribution in [0.2, 0.25) is 0 Å². The molecule has 0 heterocycles. The monoisotopic (exact) mass is 131 g/mol. The molecule has 0 bridgehead atoms. The highest BCUT2D eigenvalue weighted by Gasteiger charge is 1.68. The van der Waals surface area contributed by atoms with E-state index in [9.17, 15) is 0 Å². The third-order valence-electron chi connectivity index (χ3n) is 0.341. The second kappa shape index (κ2) is 9.82. The average molecular weight is 131 g/mol. The summed E-state index contributed by atoms with van der Waals surface area (Å²) in [6, 6.07) is 0. The van der Waals surface area contributed by atoms with Crippen LogP contribution in [0.3, 0.4) is 0 Å². The number of carbonyl (C=O) groups excluding carboxylic acids is 2. The zero-order chi connectivity index (χ0) is 7.70. The van der Waals surface area contributed by atoms with Crippen molar-refractivity contribution >= 4 is 12.1 Å². The van der Waals surface area contributed by atoms with E-state index in [4.69, 9.17) is 21.1 Å². The zero-order valence-corrected chi connectivity index (χ0v) is 5.13. The Kier molecular flexibility index (Phi) is 11.6. The van der Waals surface area contributed by atoms with Crippen LogP contribution in [0.25, 0.3) is 0 Å². The Labute approximate surface area is 52.7 Å². The highest BCUT2D eigenvalue weighted by Crippen LogP contribution is 1.58. The predicted octanol–water partition coefficient (Wildman–Crippen LogP) is -1.30. The van der Waals surface area contributed by atoms with Gasteiger partial charge in [-0.1, -0.05) is 0 Å². The minimum absolute atomic E-state index is 0.164. The summed E-state index contributed by atoms with van der Waals surface area (Å²) in [7, 11) is 0. The van der Waals surface area contributed by atoms with Gasteiger partial charge in [-0.05, 0) is 6.92 Å². The first-order valence-electron chi connectivity index (χ1n) is 2.23. The van der Waals surface area contributed by atoms with E-state index < -0.39 is 0 Å². The summed E-state index contributed by atoms with van der Waals surface area (Å²) in [5.74, 6) is 0.164. The highest BCUT2D eigenvalue weighted by molar-refractivity contribution is 5.75. The molecule has 0 amide bonds.